The van der Waals surface area contributed by atoms with Gasteiger partial charge in [0.25, 0.3) is 0 Å². The molecule has 3 rings (SSSR count). The summed E-state index contributed by atoms with van der Waals surface area (Å²) in [6.45, 7) is 0. The Morgan fingerprint density at radius 2 is 1.74 bits per heavy atom. The van der Waals surface area contributed by atoms with Crippen molar-refractivity contribution in [2.24, 2.45) is 0 Å². The highest BCUT2D eigenvalue weighted by atomic mass is 16.1. The quantitative estimate of drug-likeness (QED) is 0.710. The summed E-state index contributed by atoms with van der Waals surface area (Å²) in [6.07, 6.45) is 0.647. The average Bonchev–Trinajstić information content (AvgIpc) is 2.91. The van der Waals surface area contributed by atoms with Gasteiger partial charge in [0.1, 0.15) is 0 Å². The Morgan fingerprint density at radius 1 is 1.04 bits per heavy atom. The summed E-state index contributed by atoms with van der Waals surface area (Å²) >= 11 is 0. The van der Waals surface area contributed by atoms with Crippen LogP contribution in [-0.4, -0.2) is 40.8 Å². The maximum Gasteiger partial charge on any atom is 0.323 e. The van der Waals surface area contributed by atoms with Crippen molar-refractivity contribution >= 4 is 16.8 Å². The molecular weight excluding hydrogens is 290 g/mol. The predicted molar refractivity (Wildman–Crippen MR) is 90.9 cm³/mol. The van der Waals surface area contributed by atoms with Crippen LogP contribution in [0.25, 0.3) is 11.0 Å². The smallest absolute Gasteiger partial charge is 0.306 e. The van der Waals surface area contributed by atoms with Crippen LogP contribution in [0.1, 0.15) is 15.9 Å². The van der Waals surface area contributed by atoms with Gasteiger partial charge in [0.05, 0.1) is 17.1 Å². The van der Waals surface area contributed by atoms with Gasteiger partial charge in [-0.1, -0.05) is 30.3 Å². The number of nitrogens with one attached hydrogen (secondary N) is 2. The Labute approximate surface area is 134 Å². The number of ketones is 1. The molecule has 1 aromatic heterocycles. The molecule has 0 saturated heterocycles. The molecule has 5 heteroatoms. The number of hydrogen-bond donors (Lipinski definition) is 2. The first-order valence-corrected chi connectivity index (χ1v) is 7.51. The number of H-pyrrole nitrogens is 2. The number of Topliss-reactive ketones (excluding diaryl/α,β-unsaturated/α-hetero) is 1. The monoisotopic (exact) mass is 309 g/mol. The molecule has 2 N–H and O–H groups in total. The highest BCUT2D eigenvalue weighted by Crippen LogP contribution is 2.16. The molecular formula is C18H19N3O2. The van der Waals surface area contributed by atoms with Gasteiger partial charge in [-0.3, -0.25) is 9.69 Å². The molecule has 0 bridgehead atoms. The molecule has 23 heavy (non-hydrogen) atoms. The van der Waals surface area contributed by atoms with Crippen LogP contribution >= 0.6 is 0 Å². The number of carbonyl (C=O) groups excluding carboxylic acids is 1. The van der Waals surface area contributed by atoms with Gasteiger partial charge in [-0.25, -0.2) is 4.79 Å². The number of aromatic amines is 2. The van der Waals surface area contributed by atoms with Crippen molar-refractivity contribution < 1.29 is 4.79 Å². The molecule has 0 aliphatic heterocycles. The van der Waals surface area contributed by atoms with Crippen molar-refractivity contribution in [3.8, 4) is 0 Å². The van der Waals surface area contributed by atoms with Gasteiger partial charge >= 0.3 is 5.69 Å². The summed E-state index contributed by atoms with van der Waals surface area (Å²) in [5, 5.41) is 0. The molecule has 0 fully saturated rings. The summed E-state index contributed by atoms with van der Waals surface area (Å²) in [6, 6.07) is 15.0. The number of likely N-dealkylation sites (N-methyl/N-ethyl adjacent to an activating group) is 1. The van der Waals surface area contributed by atoms with Crippen molar-refractivity contribution in [1.82, 2.24) is 14.9 Å². The molecule has 0 aliphatic rings. The van der Waals surface area contributed by atoms with Crippen molar-refractivity contribution in [3.05, 3.63) is 70.1 Å². The van der Waals surface area contributed by atoms with Crippen LogP contribution in [0.2, 0.25) is 0 Å². The number of rotatable bonds is 5. The average molecular weight is 309 g/mol. The van der Waals surface area contributed by atoms with Gasteiger partial charge in [-0.05, 0) is 44.3 Å². The molecule has 0 spiro atoms. The lowest BCUT2D eigenvalue weighted by molar-refractivity contribution is 0.0875. The summed E-state index contributed by atoms with van der Waals surface area (Å²) in [4.78, 5) is 31.6. The van der Waals surface area contributed by atoms with Crippen molar-refractivity contribution in [2.75, 3.05) is 14.1 Å². The molecule has 0 radical (unpaired) electrons. The fourth-order valence-corrected chi connectivity index (χ4v) is 2.73. The molecule has 2 aromatic carbocycles. The van der Waals surface area contributed by atoms with Gasteiger partial charge < -0.3 is 9.97 Å². The Morgan fingerprint density at radius 3 is 2.43 bits per heavy atom. The van der Waals surface area contributed by atoms with E-state index in [1.165, 1.54) is 0 Å². The van der Waals surface area contributed by atoms with E-state index in [1.54, 1.807) is 18.2 Å². The van der Waals surface area contributed by atoms with E-state index < -0.39 is 0 Å². The van der Waals surface area contributed by atoms with Gasteiger partial charge in [0.2, 0.25) is 0 Å². The molecule has 5 nitrogen and oxygen atoms in total. The number of fused-ring (bicyclic) bond motifs is 1. The number of carbonyl (C=O) groups is 1. The second-order valence-electron chi connectivity index (χ2n) is 5.87. The molecule has 1 atom stereocenters. The van der Waals surface area contributed by atoms with Crippen molar-refractivity contribution in [1.29, 1.82) is 0 Å². The summed E-state index contributed by atoms with van der Waals surface area (Å²) < 4.78 is 0. The first-order valence-electron chi connectivity index (χ1n) is 7.51. The Kier molecular flexibility index (Phi) is 4.12. The van der Waals surface area contributed by atoms with Crippen LogP contribution in [0.4, 0.5) is 0 Å². The Bertz CT molecular complexity index is 878. The number of benzene rings is 2. The lowest BCUT2D eigenvalue weighted by atomic mass is 9.96. The van der Waals surface area contributed by atoms with E-state index in [9.17, 15) is 9.59 Å². The zero-order valence-electron chi connectivity index (χ0n) is 13.2. The van der Waals surface area contributed by atoms with Crippen molar-refractivity contribution in [3.63, 3.8) is 0 Å². The van der Waals surface area contributed by atoms with Gasteiger partial charge in [0, 0.05) is 5.56 Å². The van der Waals surface area contributed by atoms with E-state index in [1.807, 2.05) is 49.3 Å². The summed E-state index contributed by atoms with van der Waals surface area (Å²) in [5.41, 5.74) is 2.81. The first-order chi connectivity index (χ1) is 11.0. The molecule has 0 amide bonds. The maximum absolute atomic E-state index is 12.9. The minimum atomic E-state index is -0.266. The maximum atomic E-state index is 12.9. The fourth-order valence-electron chi connectivity index (χ4n) is 2.73. The highest BCUT2D eigenvalue weighted by molar-refractivity contribution is 6.02. The van der Waals surface area contributed by atoms with Crippen LogP contribution < -0.4 is 5.69 Å². The van der Waals surface area contributed by atoms with Crippen LogP contribution in [0.5, 0.6) is 0 Å². The van der Waals surface area contributed by atoms with E-state index in [2.05, 4.69) is 9.97 Å². The van der Waals surface area contributed by atoms with E-state index in [4.69, 9.17) is 0 Å². The van der Waals surface area contributed by atoms with Crippen LogP contribution in [0.3, 0.4) is 0 Å². The standard InChI is InChI=1S/C18H19N3O2/c1-21(2)16(10-12-6-4-3-5-7-12)17(22)13-8-9-14-15(11-13)20-18(23)19-14/h3-9,11,16H,10H2,1-2H3,(H2,19,20,23)/t16-/m1/s1. The molecule has 118 valence electrons. The minimum Gasteiger partial charge on any atom is -0.306 e. The Balaban J connectivity index is 1.91. The molecule has 0 aliphatic carbocycles. The topological polar surface area (TPSA) is 69.0 Å². The third kappa shape index (κ3) is 3.24. The van der Waals surface area contributed by atoms with Gasteiger partial charge in [0.15, 0.2) is 5.78 Å². The second-order valence-corrected chi connectivity index (χ2v) is 5.87. The van der Waals surface area contributed by atoms with E-state index in [0.29, 0.717) is 23.0 Å². The SMILES string of the molecule is CN(C)[C@H](Cc1ccccc1)C(=O)c1ccc2[nH]c(=O)[nH]c2c1. The third-order valence-electron chi connectivity index (χ3n) is 4.00. The first kappa shape index (κ1) is 15.2. The minimum absolute atomic E-state index is 0.0443. The zero-order chi connectivity index (χ0) is 16.4. The molecule has 0 saturated carbocycles. The summed E-state index contributed by atoms with van der Waals surface area (Å²) in [5.74, 6) is 0.0443. The number of nitrogens with zero attached hydrogens (tertiary/aromatic N) is 1. The second kappa shape index (κ2) is 6.22. The lowest BCUT2D eigenvalue weighted by Gasteiger charge is -2.23. The summed E-state index contributed by atoms with van der Waals surface area (Å²) in [7, 11) is 3.81. The van der Waals surface area contributed by atoms with Gasteiger partial charge in [-0.15, -0.1) is 0 Å². The van der Waals surface area contributed by atoms with Crippen LogP contribution in [-0.2, 0) is 6.42 Å². The van der Waals surface area contributed by atoms with E-state index in [-0.39, 0.29) is 17.5 Å². The fraction of sp³-hybridized carbons (Fsp3) is 0.222. The van der Waals surface area contributed by atoms with Crippen LogP contribution in [0, 0.1) is 0 Å². The lowest BCUT2D eigenvalue weighted by Crippen LogP contribution is -2.37. The zero-order valence-corrected chi connectivity index (χ0v) is 13.2. The molecule has 3 aromatic rings. The van der Waals surface area contributed by atoms with Crippen molar-refractivity contribution in [2.45, 2.75) is 12.5 Å². The molecule has 1 heterocycles. The van der Waals surface area contributed by atoms with E-state index in [0.717, 1.165) is 5.56 Å². The Hall–Kier alpha value is -2.66. The van der Waals surface area contributed by atoms with Gasteiger partial charge in [-0.2, -0.15) is 0 Å². The van der Waals surface area contributed by atoms with Crippen LogP contribution in [0.15, 0.2) is 53.3 Å². The number of imidazole rings is 1. The predicted octanol–water partition coefficient (Wildman–Crippen LogP) is 2.21. The molecule has 0 unspecified atom stereocenters. The number of aromatic nitrogens is 2. The third-order valence-corrected chi connectivity index (χ3v) is 4.00. The highest BCUT2D eigenvalue weighted by Gasteiger charge is 2.23. The number of hydrogen-bond acceptors (Lipinski definition) is 3. The normalized spacial score (nSPS) is 12.7. The van der Waals surface area contributed by atoms with E-state index >= 15 is 0 Å². The largest absolute Gasteiger partial charge is 0.323 e.